The van der Waals surface area contributed by atoms with Crippen molar-refractivity contribution in [1.29, 1.82) is 0 Å². The average molecular weight is 286 g/mol. The summed E-state index contributed by atoms with van der Waals surface area (Å²) in [6.45, 7) is 0. The second-order valence-corrected chi connectivity index (χ2v) is 5.22. The first-order chi connectivity index (χ1) is 9.78. The molecular formula is C14H14N4OS. The number of hydrogen-bond donors (Lipinski definition) is 2. The van der Waals surface area contributed by atoms with Gasteiger partial charge in [0, 0.05) is 0 Å². The molecule has 2 aromatic heterocycles. The van der Waals surface area contributed by atoms with Crippen molar-refractivity contribution in [2.45, 2.75) is 6.04 Å². The van der Waals surface area contributed by atoms with E-state index < -0.39 is 0 Å². The molecule has 0 radical (unpaired) electrons. The molecule has 0 fully saturated rings. The Morgan fingerprint density at radius 3 is 2.95 bits per heavy atom. The predicted octanol–water partition coefficient (Wildman–Crippen LogP) is 2.59. The topological polar surface area (TPSA) is 76.8 Å². The lowest BCUT2D eigenvalue weighted by Crippen LogP contribution is -2.13. The summed E-state index contributed by atoms with van der Waals surface area (Å²) in [5.74, 6) is 2.09. The molecule has 0 saturated heterocycles. The van der Waals surface area contributed by atoms with E-state index >= 15 is 0 Å². The van der Waals surface area contributed by atoms with Gasteiger partial charge in [-0.05, 0) is 29.1 Å². The number of H-pyrrole nitrogens is 1. The quantitative estimate of drug-likeness (QED) is 0.773. The molecule has 3 N–H and O–H groups in total. The summed E-state index contributed by atoms with van der Waals surface area (Å²) in [7, 11) is 1.63. The van der Waals surface area contributed by atoms with Crippen LogP contribution in [-0.4, -0.2) is 22.3 Å². The Labute approximate surface area is 120 Å². The fourth-order valence-electron chi connectivity index (χ4n) is 1.92. The van der Waals surface area contributed by atoms with Gasteiger partial charge < -0.3 is 10.5 Å². The molecule has 0 unspecified atom stereocenters. The largest absolute Gasteiger partial charge is 0.497 e. The monoisotopic (exact) mass is 286 g/mol. The first-order valence-electron chi connectivity index (χ1n) is 6.13. The SMILES string of the molecule is COc1cccc([C@H](N)c2nc(-c3cccs3)n[nH]2)c1. The van der Waals surface area contributed by atoms with Crippen LogP contribution in [0.2, 0.25) is 0 Å². The second kappa shape index (κ2) is 5.44. The normalized spacial score (nSPS) is 12.3. The van der Waals surface area contributed by atoms with Gasteiger partial charge in [-0.25, -0.2) is 4.98 Å². The third-order valence-corrected chi connectivity index (χ3v) is 3.86. The van der Waals surface area contributed by atoms with E-state index in [9.17, 15) is 0 Å². The number of aromatic amines is 1. The van der Waals surface area contributed by atoms with Gasteiger partial charge in [-0.15, -0.1) is 11.3 Å². The lowest BCUT2D eigenvalue weighted by Gasteiger charge is -2.09. The highest BCUT2D eigenvalue weighted by atomic mass is 32.1. The molecule has 2 heterocycles. The van der Waals surface area contributed by atoms with Crippen molar-refractivity contribution in [3.05, 3.63) is 53.2 Å². The fraction of sp³-hybridized carbons (Fsp3) is 0.143. The molecule has 0 aliphatic rings. The predicted molar refractivity (Wildman–Crippen MR) is 78.7 cm³/mol. The van der Waals surface area contributed by atoms with Crippen LogP contribution in [0.4, 0.5) is 0 Å². The van der Waals surface area contributed by atoms with Crippen molar-refractivity contribution in [2.24, 2.45) is 5.73 Å². The zero-order chi connectivity index (χ0) is 13.9. The van der Waals surface area contributed by atoms with E-state index in [0.29, 0.717) is 11.6 Å². The van der Waals surface area contributed by atoms with Crippen LogP contribution in [0.1, 0.15) is 17.4 Å². The summed E-state index contributed by atoms with van der Waals surface area (Å²) in [6, 6.07) is 11.2. The van der Waals surface area contributed by atoms with Crippen LogP contribution in [0.5, 0.6) is 5.75 Å². The molecule has 0 aliphatic heterocycles. The molecule has 102 valence electrons. The van der Waals surface area contributed by atoms with Gasteiger partial charge in [-0.1, -0.05) is 18.2 Å². The maximum atomic E-state index is 6.22. The zero-order valence-electron chi connectivity index (χ0n) is 10.9. The fourth-order valence-corrected chi connectivity index (χ4v) is 2.58. The van der Waals surface area contributed by atoms with Crippen molar-refractivity contribution in [3.8, 4) is 16.5 Å². The number of nitrogens with one attached hydrogen (secondary N) is 1. The summed E-state index contributed by atoms with van der Waals surface area (Å²) in [6.07, 6.45) is 0. The number of aromatic nitrogens is 3. The molecule has 3 rings (SSSR count). The van der Waals surface area contributed by atoms with Crippen LogP contribution in [0, 0.1) is 0 Å². The molecule has 5 nitrogen and oxygen atoms in total. The molecule has 3 aromatic rings. The molecule has 0 saturated carbocycles. The Morgan fingerprint density at radius 1 is 1.30 bits per heavy atom. The highest BCUT2D eigenvalue weighted by Gasteiger charge is 2.15. The van der Waals surface area contributed by atoms with Gasteiger partial charge in [-0.3, -0.25) is 5.10 Å². The first-order valence-corrected chi connectivity index (χ1v) is 7.01. The molecule has 20 heavy (non-hydrogen) atoms. The molecule has 1 atom stereocenters. The van der Waals surface area contributed by atoms with E-state index in [1.54, 1.807) is 18.4 Å². The molecule has 6 heteroatoms. The van der Waals surface area contributed by atoms with Crippen molar-refractivity contribution in [2.75, 3.05) is 7.11 Å². The molecule has 0 aliphatic carbocycles. The number of hydrogen-bond acceptors (Lipinski definition) is 5. The number of ether oxygens (including phenoxy) is 1. The average Bonchev–Trinajstić information content (AvgIpc) is 3.17. The third kappa shape index (κ3) is 2.43. The highest BCUT2D eigenvalue weighted by molar-refractivity contribution is 7.13. The van der Waals surface area contributed by atoms with E-state index in [-0.39, 0.29) is 6.04 Å². The number of thiophene rings is 1. The lowest BCUT2D eigenvalue weighted by molar-refractivity contribution is 0.414. The van der Waals surface area contributed by atoms with Gasteiger partial charge in [0.15, 0.2) is 5.82 Å². The number of rotatable bonds is 4. The summed E-state index contributed by atoms with van der Waals surface area (Å²) in [4.78, 5) is 5.48. The minimum absolute atomic E-state index is 0.355. The van der Waals surface area contributed by atoms with Gasteiger partial charge >= 0.3 is 0 Å². The standard InChI is InChI=1S/C14H14N4OS/c1-19-10-5-2-4-9(8-10)12(15)14-16-13(17-18-14)11-6-3-7-20-11/h2-8,12H,15H2,1H3,(H,16,17,18)/t12-/m0/s1. The molecule has 1 aromatic carbocycles. The molecular weight excluding hydrogens is 272 g/mol. The Morgan fingerprint density at radius 2 is 2.20 bits per heavy atom. The number of methoxy groups -OCH3 is 1. The van der Waals surface area contributed by atoms with Gasteiger partial charge in [-0.2, -0.15) is 5.10 Å². The Hall–Kier alpha value is -2.18. The Balaban J connectivity index is 1.88. The van der Waals surface area contributed by atoms with Crippen LogP contribution >= 0.6 is 11.3 Å². The van der Waals surface area contributed by atoms with E-state index in [2.05, 4.69) is 15.2 Å². The maximum Gasteiger partial charge on any atom is 0.191 e. The van der Waals surface area contributed by atoms with Crippen LogP contribution < -0.4 is 10.5 Å². The minimum atomic E-state index is -0.355. The molecule has 0 bridgehead atoms. The van der Waals surface area contributed by atoms with Gasteiger partial charge in [0.1, 0.15) is 11.6 Å². The zero-order valence-corrected chi connectivity index (χ0v) is 11.7. The number of nitrogens with zero attached hydrogens (tertiary/aromatic N) is 2. The van der Waals surface area contributed by atoms with E-state index in [4.69, 9.17) is 10.5 Å². The van der Waals surface area contributed by atoms with Gasteiger partial charge in [0.25, 0.3) is 0 Å². The minimum Gasteiger partial charge on any atom is -0.497 e. The third-order valence-electron chi connectivity index (χ3n) is 2.99. The summed E-state index contributed by atoms with van der Waals surface area (Å²) in [5, 5.41) is 9.11. The summed E-state index contributed by atoms with van der Waals surface area (Å²) in [5.41, 5.74) is 7.15. The first kappa shape index (κ1) is 12.8. The van der Waals surface area contributed by atoms with Gasteiger partial charge in [0.2, 0.25) is 0 Å². The van der Waals surface area contributed by atoms with Crippen LogP contribution in [0.25, 0.3) is 10.7 Å². The smallest absolute Gasteiger partial charge is 0.191 e. The van der Waals surface area contributed by atoms with Gasteiger partial charge in [0.05, 0.1) is 18.0 Å². The van der Waals surface area contributed by atoms with Crippen LogP contribution in [0.3, 0.4) is 0 Å². The van der Waals surface area contributed by atoms with Crippen LogP contribution in [0.15, 0.2) is 41.8 Å². The molecule has 0 amide bonds. The van der Waals surface area contributed by atoms with Crippen LogP contribution in [-0.2, 0) is 0 Å². The Bertz CT molecular complexity index is 693. The van der Waals surface area contributed by atoms with Crippen molar-refractivity contribution < 1.29 is 4.74 Å². The van der Waals surface area contributed by atoms with Crippen molar-refractivity contribution in [1.82, 2.24) is 15.2 Å². The van der Waals surface area contributed by atoms with E-state index in [1.807, 2.05) is 41.8 Å². The Kier molecular flexibility index (Phi) is 3.49. The summed E-state index contributed by atoms with van der Waals surface area (Å²) < 4.78 is 5.20. The number of benzene rings is 1. The molecule has 0 spiro atoms. The maximum absolute atomic E-state index is 6.22. The lowest BCUT2D eigenvalue weighted by atomic mass is 10.1. The van der Waals surface area contributed by atoms with Crippen molar-refractivity contribution in [3.63, 3.8) is 0 Å². The van der Waals surface area contributed by atoms with E-state index in [1.165, 1.54) is 0 Å². The highest BCUT2D eigenvalue weighted by Crippen LogP contribution is 2.24. The number of nitrogens with two attached hydrogens (primary N) is 1. The van der Waals surface area contributed by atoms with Crippen molar-refractivity contribution >= 4 is 11.3 Å². The second-order valence-electron chi connectivity index (χ2n) is 4.28. The summed E-state index contributed by atoms with van der Waals surface area (Å²) >= 11 is 1.60. The van der Waals surface area contributed by atoms with E-state index in [0.717, 1.165) is 16.2 Å².